The zero-order valence-corrected chi connectivity index (χ0v) is 17.8. The number of nitrogens with one attached hydrogen (secondary N) is 1. The maximum absolute atomic E-state index is 12.1. The second kappa shape index (κ2) is 8.13. The van der Waals surface area contributed by atoms with Gasteiger partial charge in [-0.25, -0.2) is 9.78 Å². The van der Waals surface area contributed by atoms with E-state index >= 15 is 0 Å². The second-order valence-corrected chi connectivity index (χ2v) is 13.6. The Bertz CT molecular complexity index is 670. The van der Waals surface area contributed by atoms with E-state index in [0.29, 0.717) is 19.1 Å². The fraction of sp³-hybridized carbons (Fsp3) is 0.600. The van der Waals surface area contributed by atoms with Crippen LogP contribution in [-0.2, 0) is 4.74 Å². The van der Waals surface area contributed by atoms with E-state index in [1.165, 1.54) is 0 Å². The first-order valence-corrected chi connectivity index (χ1v) is 12.8. The maximum Gasteiger partial charge on any atom is 0.410 e. The molecule has 2 heterocycles. The van der Waals surface area contributed by atoms with Gasteiger partial charge >= 0.3 is 6.09 Å². The lowest BCUT2D eigenvalue weighted by Crippen LogP contribution is -2.44. The van der Waals surface area contributed by atoms with Crippen molar-refractivity contribution in [1.82, 2.24) is 9.88 Å². The van der Waals surface area contributed by atoms with Crippen molar-refractivity contribution >= 4 is 19.9 Å². The molecule has 1 aliphatic heterocycles. The zero-order chi connectivity index (χ0) is 19.4. The first-order chi connectivity index (χ1) is 12.0. The molecule has 1 N–H and O–H groups in total. The van der Waals surface area contributed by atoms with E-state index in [9.17, 15) is 4.79 Å². The van der Waals surface area contributed by atoms with E-state index in [2.05, 4.69) is 41.4 Å². The summed E-state index contributed by atoms with van der Waals surface area (Å²) in [7, 11) is -1.38. The summed E-state index contributed by atoms with van der Waals surface area (Å²) in [5.74, 6) is 3.17. The Morgan fingerprint density at radius 3 is 2.42 bits per heavy atom. The van der Waals surface area contributed by atoms with E-state index in [0.717, 1.165) is 24.2 Å². The number of ether oxygens (including phenoxy) is 1. The molecular formula is C20H31N3O2Si. The van der Waals surface area contributed by atoms with Crippen LogP contribution in [0.2, 0.25) is 19.6 Å². The van der Waals surface area contributed by atoms with Gasteiger partial charge in [-0.05, 0) is 45.7 Å². The number of pyridine rings is 1. The average Bonchev–Trinajstić information content (AvgIpc) is 2.52. The van der Waals surface area contributed by atoms with Gasteiger partial charge < -0.3 is 15.0 Å². The highest BCUT2D eigenvalue weighted by atomic mass is 28.3. The summed E-state index contributed by atoms with van der Waals surface area (Å²) in [6, 6.07) is 4.33. The van der Waals surface area contributed by atoms with E-state index in [1.807, 2.05) is 39.1 Å². The van der Waals surface area contributed by atoms with Crippen LogP contribution in [0.5, 0.6) is 0 Å². The van der Waals surface area contributed by atoms with Crippen molar-refractivity contribution < 1.29 is 9.53 Å². The van der Waals surface area contributed by atoms with Crippen molar-refractivity contribution in [3.63, 3.8) is 0 Å². The molecule has 0 unspecified atom stereocenters. The van der Waals surface area contributed by atoms with Gasteiger partial charge in [-0.15, -0.1) is 5.54 Å². The van der Waals surface area contributed by atoms with Crippen LogP contribution in [0.4, 0.5) is 10.5 Å². The molecule has 0 aliphatic carbocycles. The summed E-state index contributed by atoms with van der Waals surface area (Å²) in [4.78, 5) is 18.3. The van der Waals surface area contributed by atoms with Crippen LogP contribution in [0.25, 0.3) is 0 Å². The lowest BCUT2D eigenvalue weighted by atomic mass is 10.1. The van der Waals surface area contributed by atoms with Crippen molar-refractivity contribution in [2.75, 3.05) is 18.4 Å². The first-order valence-electron chi connectivity index (χ1n) is 9.25. The summed E-state index contributed by atoms with van der Waals surface area (Å²) in [6.07, 6.45) is 3.42. The molecule has 1 fully saturated rings. The Labute approximate surface area is 158 Å². The first kappa shape index (κ1) is 20.3. The molecule has 1 amide bonds. The predicted octanol–water partition coefficient (Wildman–Crippen LogP) is 4.12. The SMILES string of the molecule is CC(C)(C)OC(=O)N1CCC(Nc2ccc(C#C[Si](C)(C)C)nc2)CC1. The molecule has 0 atom stereocenters. The van der Waals surface area contributed by atoms with Crippen LogP contribution in [0.15, 0.2) is 18.3 Å². The van der Waals surface area contributed by atoms with Crippen LogP contribution in [0.1, 0.15) is 39.3 Å². The minimum atomic E-state index is -1.38. The Hall–Kier alpha value is -2.00. The van der Waals surface area contributed by atoms with Crippen LogP contribution in [0.3, 0.4) is 0 Å². The molecule has 2 rings (SSSR count). The molecule has 0 saturated carbocycles. The largest absolute Gasteiger partial charge is 0.444 e. The van der Waals surface area contributed by atoms with Crippen molar-refractivity contribution in [1.29, 1.82) is 0 Å². The average molecular weight is 374 g/mol. The van der Waals surface area contributed by atoms with Crippen molar-refractivity contribution in [3.05, 3.63) is 24.0 Å². The number of hydrogen-bond acceptors (Lipinski definition) is 4. The number of amides is 1. The number of carbonyl (C=O) groups excluding carboxylic acids is 1. The van der Waals surface area contributed by atoms with E-state index in [4.69, 9.17) is 4.74 Å². The Balaban J connectivity index is 1.84. The fourth-order valence-corrected chi connectivity index (χ4v) is 3.08. The van der Waals surface area contributed by atoms with Gasteiger partial charge in [0.25, 0.3) is 0 Å². The number of anilines is 1. The molecule has 142 valence electrons. The number of nitrogens with zero attached hydrogens (tertiary/aromatic N) is 2. The number of likely N-dealkylation sites (tertiary alicyclic amines) is 1. The van der Waals surface area contributed by atoms with Crippen molar-refractivity contribution in [3.8, 4) is 11.5 Å². The molecule has 1 aromatic heterocycles. The zero-order valence-electron chi connectivity index (χ0n) is 16.8. The second-order valence-electron chi connectivity index (χ2n) is 8.82. The normalized spacial score (nSPS) is 15.8. The Kier molecular flexibility index (Phi) is 6.35. The Morgan fingerprint density at radius 1 is 1.27 bits per heavy atom. The molecular weight excluding hydrogens is 342 g/mol. The molecule has 6 heteroatoms. The number of rotatable bonds is 2. The van der Waals surface area contributed by atoms with Crippen LogP contribution in [0, 0.1) is 11.5 Å². The fourth-order valence-electron chi connectivity index (χ4n) is 2.57. The summed E-state index contributed by atoms with van der Waals surface area (Å²) in [5, 5.41) is 3.51. The summed E-state index contributed by atoms with van der Waals surface area (Å²) < 4.78 is 5.44. The third kappa shape index (κ3) is 7.09. The highest BCUT2D eigenvalue weighted by Gasteiger charge is 2.26. The number of hydrogen-bond donors (Lipinski definition) is 1. The van der Waals surface area contributed by atoms with Crippen molar-refractivity contribution in [2.24, 2.45) is 0 Å². The highest BCUT2D eigenvalue weighted by Crippen LogP contribution is 2.18. The quantitative estimate of drug-likeness (QED) is 0.626. The minimum Gasteiger partial charge on any atom is -0.444 e. The van der Waals surface area contributed by atoms with Gasteiger partial charge in [0.2, 0.25) is 0 Å². The van der Waals surface area contributed by atoms with E-state index in [1.54, 1.807) is 4.90 Å². The van der Waals surface area contributed by atoms with Crippen molar-refractivity contribution in [2.45, 2.75) is 64.9 Å². The lowest BCUT2D eigenvalue weighted by Gasteiger charge is -2.34. The standard InChI is InChI=1S/C20H31N3O2Si/c1-20(2,3)25-19(24)23-12-9-17(10-13-23)22-18-8-7-16(21-15-18)11-14-26(4,5)6/h7-8,15,17,22H,9-10,12-13H2,1-6H3. The molecule has 1 aromatic rings. The highest BCUT2D eigenvalue weighted by molar-refractivity contribution is 6.83. The monoisotopic (exact) mass is 373 g/mol. The topological polar surface area (TPSA) is 54.5 Å². The number of carbonyl (C=O) groups is 1. The van der Waals surface area contributed by atoms with Gasteiger partial charge in [-0.1, -0.05) is 25.6 Å². The summed E-state index contributed by atoms with van der Waals surface area (Å²) >= 11 is 0. The maximum atomic E-state index is 12.1. The van der Waals surface area contributed by atoms with E-state index in [-0.39, 0.29) is 6.09 Å². The minimum absolute atomic E-state index is 0.219. The third-order valence-electron chi connectivity index (χ3n) is 3.85. The molecule has 5 nitrogen and oxygen atoms in total. The van der Waals surface area contributed by atoms with Gasteiger partial charge in [0.1, 0.15) is 19.4 Å². The predicted molar refractivity (Wildman–Crippen MR) is 109 cm³/mol. The summed E-state index contributed by atoms with van der Waals surface area (Å²) in [5.41, 5.74) is 4.70. The molecule has 0 radical (unpaired) electrons. The van der Waals surface area contributed by atoms with Crippen LogP contribution < -0.4 is 5.32 Å². The molecule has 1 aliphatic rings. The number of aromatic nitrogens is 1. The lowest BCUT2D eigenvalue weighted by molar-refractivity contribution is 0.0210. The van der Waals surface area contributed by atoms with Crippen LogP contribution in [-0.4, -0.2) is 48.8 Å². The van der Waals surface area contributed by atoms with Gasteiger partial charge in [0, 0.05) is 19.1 Å². The van der Waals surface area contributed by atoms with Gasteiger partial charge in [0.15, 0.2) is 0 Å². The van der Waals surface area contributed by atoms with Crippen LogP contribution >= 0.6 is 0 Å². The molecule has 26 heavy (non-hydrogen) atoms. The van der Waals surface area contributed by atoms with E-state index < -0.39 is 13.7 Å². The van der Waals surface area contributed by atoms with Gasteiger partial charge in [0.05, 0.1) is 11.9 Å². The third-order valence-corrected chi connectivity index (χ3v) is 4.72. The smallest absolute Gasteiger partial charge is 0.410 e. The van der Waals surface area contributed by atoms with Gasteiger partial charge in [-0.3, -0.25) is 0 Å². The molecule has 1 saturated heterocycles. The van der Waals surface area contributed by atoms with Gasteiger partial charge in [-0.2, -0.15) is 0 Å². The molecule has 0 bridgehead atoms. The molecule has 0 aromatic carbocycles. The molecule has 0 spiro atoms. The number of piperidine rings is 1. The summed E-state index contributed by atoms with van der Waals surface area (Å²) in [6.45, 7) is 13.8. The Morgan fingerprint density at radius 2 is 1.92 bits per heavy atom.